The van der Waals surface area contributed by atoms with Crippen molar-refractivity contribution in [2.45, 2.75) is 58.5 Å². The third-order valence-electron chi connectivity index (χ3n) is 6.38. The third kappa shape index (κ3) is 3.95. The van der Waals surface area contributed by atoms with Crippen LogP contribution < -0.4 is 24.8 Å². The topological polar surface area (TPSA) is 12.5 Å². The van der Waals surface area contributed by atoms with Crippen LogP contribution >= 0.6 is 0 Å². The fraction of sp³-hybridized carbons (Fsp3) is 0.417. The first-order chi connectivity index (χ1) is 12.3. The molecule has 150 valence electrons. The number of benzene rings is 2. The van der Waals surface area contributed by atoms with Crippen molar-refractivity contribution in [2.75, 3.05) is 0 Å². The van der Waals surface area contributed by atoms with Crippen LogP contribution in [0.1, 0.15) is 61.4 Å². The Bertz CT molecular complexity index is 882. The summed E-state index contributed by atoms with van der Waals surface area (Å²) in [6.07, 6.45) is 3.61. The van der Waals surface area contributed by atoms with Crippen LogP contribution in [0.2, 0.25) is 4.63 Å². The van der Waals surface area contributed by atoms with Crippen molar-refractivity contribution in [3.05, 3.63) is 64.7 Å². The molecule has 0 radical (unpaired) electrons. The summed E-state index contributed by atoms with van der Waals surface area (Å²) in [6, 6.07) is 16.0. The van der Waals surface area contributed by atoms with Crippen LogP contribution in [0.15, 0.2) is 48.0 Å². The molecule has 0 aromatic heterocycles. The summed E-state index contributed by atoms with van der Waals surface area (Å²) in [5.74, 6) is 0. The van der Waals surface area contributed by atoms with E-state index in [0.717, 1.165) is 6.42 Å². The van der Waals surface area contributed by atoms with E-state index in [4.69, 9.17) is 2.81 Å². The standard InChI is InChI=1S/C21H23.C2H4O.CH3.2ClH.Zr/c1-5-15-13-17-7-6-8-19(20(17)14-15)16-9-11-18(12-10-16)21(2,3)4;1-2-3;;;;/h6-14H,5H2,1-4H3;2H,1H3;1H3;2*1H;/q;-1;;;;+3/p-2. The van der Waals surface area contributed by atoms with Crippen molar-refractivity contribution in [3.8, 4) is 11.1 Å². The van der Waals surface area contributed by atoms with Gasteiger partial charge in [-0.2, -0.15) is 0 Å². The summed E-state index contributed by atoms with van der Waals surface area (Å²) in [4.78, 5) is 0. The van der Waals surface area contributed by atoms with Gasteiger partial charge in [0.1, 0.15) is 0 Å². The molecule has 1 saturated heterocycles. The molecule has 3 unspecified atom stereocenters. The molecular formula is C24H30Cl2OZr. The van der Waals surface area contributed by atoms with Crippen LogP contribution in [0.25, 0.3) is 17.2 Å². The number of rotatable bonds is 3. The van der Waals surface area contributed by atoms with E-state index >= 15 is 0 Å². The number of allylic oxidation sites excluding steroid dienone is 1. The van der Waals surface area contributed by atoms with Crippen LogP contribution in [0.4, 0.5) is 0 Å². The molecule has 1 fully saturated rings. The minimum absolute atomic E-state index is 0. The van der Waals surface area contributed by atoms with Gasteiger partial charge in [-0.25, -0.2) is 0 Å². The normalized spacial score (nSPS) is 23.0. The Morgan fingerprint density at radius 2 is 1.61 bits per heavy atom. The maximum atomic E-state index is 6.25. The zero-order chi connectivity index (χ0) is 18.7. The maximum absolute atomic E-state index is 6.25. The van der Waals surface area contributed by atoms with Gasteiger partial charge in [0.2, 0.25) is 0 Å². The molecular weight excluding hydrogens is 466 g/mol. The quantitative estimate of drug-likeness (QED) is 0.578. The van der Waals surface area contributed by atoms with Gasteiger partial charge in [0.05, 0.1) is 0 Å². The largest absolute Gasteiger partial charge is 1.00 e. The Hall–Kier alpha value is -0.397. The third-order valence-corrected chi connectivity index (χ3v) is 16.7. The fourth-order valence-corrected chi connectivity index (χ4v) is 15.0. The van der Waals surface area contributed by atoms with Crippen molar-refractivity contribution >= 4 is 6.08 Å². The predicted octanol–water partition coefficient (Wildman–Crippen LogP) is 1.00. The van der Waals surface area contributed by atoms with Crippen molar-refractivity contribution in [1.29, 1.82) is 0 Å². The van der Waals surface area contributed by atoms with Crippen LogP contribution in [-0.4, -0.2) is 3.81 Å². The molecule has 1 aliphatic heterocycles. The van der Waals surface area contributed by atoms with Gasteiger partial charge in [-0.1, -0.05) is 0 Å². The number of hydrogen-bond acceptors (Lipinski definition) is 1. The summed E-state index contributed by atoms with van der Waals surface area (Å²) in [5.41, 5.74) is 8.86. The molecule has 28 heavy (non-hydrogen) atoms. The van der Waals surface area contributed by atoms with Gasteiger partial charge in [0.25, 0.3) is 0 Å². The SMILES string of the molecule is CCC1=Cc2c(-c3ccc(C(C)(C)C)cc3)cccc2[CH]1[Zr+2]1([CH3])[O][CH]1C.[Cl-].[Cl-]. The summed E-state index contributed by atoms with van der Waals surface area (Å²) in [7, 11) is 0. The monoisotopic (exact) mass is 494 g/mol. The fourth-order valence-electron chi connectivity index (χ4n) is 4.50. The van der Waals surface area contributed by atoms with E-state index in [9.17, 15) is 0 Å². The average molecular weight is 497 g/mol. The first-order valence-electron chi connectivity index (χ1n) is 9.88. The Morgan fingerprint density at radius 1 is 1.00 bits per heavy atom. The van der Waals surface area contributed by atoms with Gasteiger partial charge >= 0.3 is 164 Å². The molecule has 0 saturated carbocycles. The molecule has 1 aliphatic carbocycles. The first-order valence-corrected chi connectivity index (χ1v) is 16.2. The molecule has 0 N–H and O–H groups in total. The first kappa shape index (κ1) is 23.9. The van der Waals surface area contributed by atoms with Crippen molar-refractivity contribution in [3.63, 3.8) is 0 Å². The van der Waals surface area contributed by atoms with E-state index in [-0.39, 0.29) is 30.2 Å². The van der Waals surface area contributed by atoms with E-state index < -0.39 is 20.7 Å². The van der Waals surface area contributed by atoms with Gasteiger partial charge in [-0.05, 0) is 0 Å². The van der Waals surface area contributed by atoms with E-state index in [1.807, 2.05) is 0 Å². The summed E-state index contributed by atoms with van der Waals surface area (Å²) >= 11 is -2.46. The molecule has 0 bridgehead atoms. The van der Waals surface area contributed by atoms with Crippen molar-refractivity contribution < 1.29 is 48.3 Å². The Morgan fingerprint density at radius 3 is 2.11 bits per heavy atom. The average Bonchev–Trinajstić information content (AvgIpc) is 3.05. The summed E-state index contributed by atoms with van der Waals surface area (Å²) < 4.78 is 9.88. The second-order valence-electron chi connectivity index (χ2n) is 9.09. The second-order valence-corrected chi connectivity index (χ2v) is 18.9. The zero-order valence-corrected chi connectivity index (χ0v) is 21.6. The van der Waals surface area contributed by atoms with Crippen LogP contribution in [0.3, 0.4) is 0 Å². The molecule has 2 aromatic rings. The van der Waals surface area contributed by atoms with Crippen LogP contribution in [0, 0.1) is 0 Å². The van der Waals surface area contributed by atoms with Crippen molar-refractivity contribution in [1.82, 2.24) is 0 Å². The van der Waals surface area contributed by atoms with E-state index in [0.29, 0.717) is 7.44 Å². The van der Waals surface area contributed by atoms with Gasteiger partial charge < -0.3 is 24.8 Å². The number of fused-ring (bicyclic) bond motifs is 1. The molecule has 0 spiro atoms. The Balaban J connectivity index is 0.00000140. The summed E-state index contributed by atoms with van der Waals surface area (Å²) in [5, 5.41) is 0. The molecule has 4 heteroatoms. The number of halogens is 2. The molecule has 2 aromatic carbocycles. The maximum Gasteiger partial charge on any atom is -1.00 e. The van der Waals surface area contributed by atoms with Crippen LogP contribution in [-0.2, 0) is 28.9 Å². The molecule has 2 aliphatic rings. The van der Waals surface area contributed by atoms with E-state index in [1.165, 1.54) is 27.8 Å². The smallest absolute Gasteiger partial charge is 1.00 e. The van der Waals surface area contributed by atoms with Gasteiger partial charge in [-0.3, -0.25) is 0 Å². The minimum Gasteiger partial charge on any atom is -1.00 e. The molecule has 0 amide bonds. The Labute approximate surface area is 187 Å². The van der Waals surface area contributed by atoms with Crippen molar-refractivity contribution in [2.24, 2.45) is 0 Å². The summed E-state index contributed by atoms with van der Waals surface area (Å²) in [6.45, 7) is 11.4. The molecule has 3 atom stereocenters. The van der Waals surface area contributed by atoms with E-state index in [2.05, 4.69) is 87.8 Å². The van der Waals surface area contributed by atoms with Gasteiger partial charge in [-0.15, -0.1) is 0 Å². The zero-order valence-electron chi connectivity index (χ0n) is 17.6. The van der Waals surface area contributed by atoms with Crippen LogP contribution in [0.5, 0.6) is 0 Å². The predicted molar refractivity (Wildman–Crippen MR) is 108 cm³/mol. The van der Waals surface area contributed by atoms with Gasteiger partial charge in [0.15, 0.2) is 0 Å². The Kier molecular flexibility index (Phi) is 7.15. The minimum atomic E-state index is -2.46. The van der Waals surface area contributed by atoms with Gasteiger partial charge in [0, 0.05) is 0 Å². The molecule has 4 rings (SSSR count). The second kappa shape index (κ2) is 8.39. The molecule has 1 nitrogen and oxygen atoms in total. The molecule has 1 heterocycles. The van der Waals surface area contributed by atoms with E-state index in [1.54, 1.807) is 5.57 Å². The number of hydrogen-bond donors (Lipinski definition) is 0.